The van der Waals surface area contributed by atoms with Crippen LogP contribution in [0.1, 0.15) is 35.7 Å². The fourth-order valence-corrected chi connectivity index (χ4v) is 4.10. The van der Waals surface area contributed by atoms with E-state index in [1.54, 1.807) is 18.6 Å². The van der Waals surface area contributed by atoms with E-state index in [-0.39, 0.29) is 11.4 Å². The van der Waals surface area contributed by atoms with E-state index in [0.29, 0.717) is 5.56 Å². The van der Waals surface area contributed by atoms with Gasteiger partial charge in [0.1, 0.15) is 0 Å². The predicted molar refractivity (Wildman–Crippen MR) is 103 cm³/mol. The smallest absolute Gasteiger partial charge is 0.255 e. The molecule has 0 spiro atoms. The molecule has 0 N–H and O–H groups in total. The number of carbonyl (C=O) groups excluding carboxylic acids is 1. The maximum atomic E-state index is 13.2. The summed E-state index contributed by atoms with van der Waals surface area (Å²) in [5.41, 5.74) is 2.37. The molecule has 1 aromatic carbocycles. The van der Waals surface area contributed by atoms with Crippen LogP contribution in [0.25, 0.3) is 10.9 Å². The minimum absolute atomic E-state index is 0.0400. The van der Waals surface area contributed by atoms with Crippen molar-refractivity contribution in [2.75, 3.05) is 6.54 Å². The van der Waals surface area contributed by atoms with E-state index in [0.717, 1.165) is 47.3 Å². The quantitative estimate of drug-likeness (QED) is 0.685. The van der Waals surface area contributed by atoms with Gasteiger partial charge in [0.15, 0.2) is 0 Å². The Bertz CT molecular complexity index is 974. The standard InChI is InChI=1S/C21H20ClN3O/c1-21(12-15-4-2-5-18(22)10-15)7-3-9-25(21)20(26)17-11-16-6-8-23-14-19(16)24-13-17/h2,4-6,8,10-11,13-14H,3,7,9,12H2,1H3. The van der Waals surface area contributed by atoms with Crippen molar-refractivity contribution in [2.24, 2.45) is 0 Å². The molecule has 5 heteroatoms. The predicted octanol–water partition coefficient (Wildman–Crippen LogP) is 4.52. The molecule has 1 amide bonds. The van der Waals surface area contributed by atoms with E-state index in [9.17, 15) is 4.79 Å². The molecule has 1 aliphatic rings. The van der Waals surface area contributed by atoms with Gasteiger partial charge in [0.05, 0.1) is 17.3 Å². The molecule has 1 fully saturated rings. The maximum absolute atomic E-state index is 13.2. The van der Waals surface area contributed by atoms with Crippen LogP contribution in [0.5, 0.6) is 0 Å². The first-order valence-electron chi connectivity index (χ1n) is 8.81. The van der Waals surface area contributed by atoms with Crippen molar-refractivity contribution in [3.63, 3.8) is 0 Å². The molecule has 26 heavy (non-hydrogen) atoms. The molecule has 1 unspecified atom stereocenters. The summed E-state index contributed by atoms with van der Waals surface area (Å²) in [4.78, 5) is 23.7. The Hall–Kier alpha value is -2.46. The third-order valence-electron chi connectivity index (χ3n) is 5.20. The molecule has 2 aromatic heterocycles. The van der Waals surface area contributed by atoms with Crippen molar-refractivity contribution < 1.29 is 4.79 Å². The molecule has 3 heterocycles. The SMILES string of the molecule is CC1(Cc2cccc(Cl)c2)CCCN1C(=O)c1cnc2cnccc2c1. The van der Waals surface area contributed by atoms with Crippen LogP contribution in [-0.4, -0.2) is 32.9 Å². The van der Waals surface area contributed by atoms with E-state index in [4.69, 9.17) is 11.6 Å². The van der Waals surface area contributed by atoms with E-state index in [2.05, 4.69) is 23.0 Å². The van der Waals surface area contributed by atoms with Gasteiger partial charge in [-0.1, -0.05) is 23.7 Å². The molecule has 4 nitrogen and oxygen atoms in total. The Morgan fingerprint density at radius 2 is 2.15 bits per heavy atom. The van der Waals surface area contributed by atoms with E-state index in [1.807, 2.05) is 35.2 Å². The Morgan fingerprint density at radius 3 is 3.00 bits per heavy atom. The van der Waals surface area contributed by atoms with Gasteiger partial charge in [-0.3, -0.25) is 14.8 Å². The van der Waals surface area contributed by atoms with Gasteiger partial charge in [-0.2, -0.15) is 0 Å². The summed E-state index contributed by atoms with van der Waals surface area (Å²) in [5, 5.41) is 1.66. The second kappa shape index (κ2) is 6.69. The summed E-state index contributed by atoms with van der Waals surface area (Å²) in [6.07, 6.45) is 7.87. The number of hydrogen-bond donors (Lipinski definition) is 0. The highest BCUT2D eigenvalue weighted by Gasteiger charge is 2.40. The number of nitrogens with zero attached hydrogens (tertiary/aromatic N) is 3. The monoisotopic (exact) mass is 365 g/mol. The zero-order chi connectivity index (χ0) is 18.1. The molecule has 0 saturated carbocycles. The van der Waals surface area contributed by atoms with E-state index >= 15 is 0 Å². The van der Waals surface area contributed by atoms with Gasteiger partial charge in [-0.25, -0.2) is 0 Å². The molecule has 1 saturated heterocycles. The van der Waals surface area contributed by atoms with Crippen LogP contribution >= 0.6 is 11.6 Å². The van der Waals surface area contributed by atoms with E-state index < -0.39 is 0 Å². The number of benzene rings is 1. The third kappa shape index (κ3) is 3.17. The largest absolute Gasteiger partial charge is 0.333 e. The molecule has 1 aliphatic heterocycles. The van der Waals surface area contributed by atoms with Gasteiger partial charge in [0.2, 0.25) is 0 Å². The molecule has 132 valence electrons. The number of amides is 1. The number of aromatic nitrogens is 2. The second-order valence-electron chi connectivity index (χ2n) is 7.16. The lowest BCUT2D eigenvalue weighted by atomic mass is 9.90. The normalized spacial score (nSPS) is 19.8. The van der Waals surface area contributed by atoms with Crippen molar-refractivity contribution in [2.45, 2.75) is 31.7 Å². The molecule has 1 atom stereocenters. The number of pyridine rings is 2. The lowest BCUT2D eigenvalue weighted by Crippen LogP contribution is -2.46. The zero-order valence-corrected chi connectivity index (χ0v) is 15.4. The molecule has 0 bridgehead atoms. The number of carbonyl (C=O) groups is 1. The summed E-state index contributed by atoms with van der Waals surface area (Å²) in [6, 6.07) is 11.7. The second-order valence-corrected chi connectivity index (χ2v) is 7.59. The third-order valence-corrected chi connectivity index (χ3v) is 5.44. The zero-order valence-electron chi connectivity index (χ0n) is 14.7. The first-order chi connectivity index (χ1) is 12.5. The molecular weight excluding hydrogens is 346 g/mol. The van der Waals surface area contributed by atoms with Crippen molar-refractivity contribution in [1.82, 2.24) is 14.9 Å². The highest BCUT2D eigenvalue weighted by Crippen LogP contribution is 2.34. The highest BCUT2D eigenvalue weighted by molar-refractivity contribution is 6.30. The molecular formula is C21H20ClN3O. The van der Waals surface area contributed by atoms with Crippen LogP contribution < -0.4 is 0 Å². The van der Waals surface area contributed by atoms with Crippen molar-refractivity contribution in [1.29, 1.82) is 0 Å². The van der Waals surface area contributed by atoms with Crippen LogP contribution in [0, 0.1) is 0 Å². The minimum atomic E-state index is -0.213. The number of fused-ring (bicyclic) bond motifs is 1. The van der Waals surface area contributed by atoms with Crippen LogP contribution in [0.3, 0.4) is 0 Å². The average molecular weight is 366 g/mol. The Morgan fingerprint density at radius 1 is 1.27 bits per heavy atom. The summed E-state index contributed by atoms with van der Waals surface area (Å²) >= 11 is 6.13. The van der Waals surface area contributed by atoms with Crippen LogP contribution in [0.2, 0.25) is 5.02 Å². The van der Waals surface area contributed by atoms with Gasteiger partial charge in [0, 0.05) is 34.9 Å². The Balaban J connectivity index is 1.63. The lowest BCUT2D eigenvalue weighted by molar-refractivity contribution is 0.0624. The van der Waals surface area contributed by atoms with Crippen LogP contribution in [0.4, 0.5) is 0 Å². The molecule has 0 aliphatic carbocycles. The van der Waals surface area contributed by atoms with Gasteiger partial charge < -0.3 is 4.90 Å². The van der Waals surface area contributed by atoms with Gasteiger partial charge in [-0.15, -0.1) is 0 Å². The first-order valence-corrected chi connectivity index (χ1v) is 9.19. The lowest BCUT2D eigenvalue weighted by Gasteiger charge is -2.35. The number of rotatable bonds is 3. The van der Waals surface area contributed by atoms with Crippen molar-refractivity contribution in [3.05, 3.63) is 71.1 Å². The van der Waals surface area contributed by atoms with Crippen LogP contribution in [-0.2, 0) is 6.42 Å². The number of likely N-dealkylation sites (tertiary alicyclic amines) is 1. The molecule has 4 rings (SSSR count). The van der Waals surface area contributed by atoms with Gasteiger partial charge in [0.25, 0.3) is 5.91 Å². The fraction of sp³-hybridized carbons (Fsp3) is 0.286. The van der Waals surface area contributed by atoms with Crippen molar-refractivity contribution in [3.8, 4) is 0 Å². The number of hydrogen-bond acceptors (Lipinski definition) is 3. The summed E-state index contributed by atoms with van der Waals surface area (Å²) in [6.45, 7) is 2.93. The number of halogens is 1. The molecule has 0 radical (unpaired) electrons. The average Bonchev–Trinajstić information content (AvgIpc) is 3.01. The summed E-state index contributed by atoms with van der Waals surface area (Å²) in [7, 11) is 0. The first kappa shape index (κ1) is 17.0. The fourth-order valence-electron chi connectivity index (χ4n) is 3.88. The van der Waals surface area contributed by atoms with Crippen LogP contribution in [0.15, 0.2) is 55.0 Å². The summed E-state index contributed by atoms with van der Waals surface area (Å²) in [5.74, 6) is 0.0400. The van der Waals surface area contributed by atoms with Crippen molar-refractivity contribution >= 4 is 28.4 Å². The van der Waals surface area contributed by atoms with Gasteiger partial charge >= 0.3 is 0 Å². The maximum Gasteiger partial charge on any atom is 0.255 e. The molecule has 3 aromatic rings. The highest BCUT2D eigenvalue weighted by atomic mass is 35.5. The Labute approximate surface area is 157 Å². The summed E-state index contributed by atoms with van der Waals surface area (Å²) < 4.78 is 0. The topological polar surface area (TPSA) is 46.1 Å². The van der Waals surface area contributed by atoms with E-state index in [1.165, 1.54) is 0 Å². The van der Waals surface area contributed by atoms with Gasteiger partial charge in [-0.05, 0) is 56.0 Å². The Kier molecular flexibility index (Phi) is 4.37. The minimum Gasteiger partial charge on any atom is -0.333 e.